The van der Waals surface area contributed by atoms with Crippen molar-refractivity contribution in [3.05, 3.63) is 168 Å². The van der Waals surface area contributed by atoms with Gasteiger partial charge in [-0.05, 0) is 90.0 Å². The topological polar surface area (TPSA) is 105 Å². The van der Waals surface area contributed by atoms with E-state index in [4.69, 9.17) is 0 Å². The van der Waals surface area contributed by atoms with Crippen LogP contribution in [0.25, 0.3) is 77.2 Å². The van der Waals surface area contributed by atoms with Gasteiger partial charge in [-0.25, -0.2) is 0 Å². The van der Waals surface area contributed by atoms with Gasteiger partial charge in [0.05, 0.1) is 74.3 Å². The molecule has 238 valence electrons. The molecule has 2 aromatic heterocycles. The van der Waals surface area contributed by atoms with Gasteiger partial charge in [0.25, 0.3) is 0 Å². The molecular formula is C46H24N6. The highest BCUT2D eigenvalue weighted by Gasteiger charge is 2.20. The lowest BCUT2D eigenvalue weighted by atomic mass is 9.95. The number of benzene rings is 7. The van der Waals surface area contributed by atoms with Crippen molar-refractivity contribution in [2.45, 2.75) is 0 Å². The summed E-state index contributed by atoms with van der Waals surface area (Å²) in [5.41, 5.74) is 10.8. The Hall–Kier alpha value is -7.90. The zero-order chi connectivity index (χ0) is 35.3. The second kappa shape index (κ2) is 11.9. The molecule has 0 aliphatic heterocycles. The molecule has 0 N–H and O–H groups in total. The van der Waals surface area contributed by atoms with Crippen molar-refractivity contribution in [2.24, 2.45) is 0 Å². The molecule has 0 bridgehead atoms. The van der Waals surface area contributed by atoms with E-state index in [1.165, 1.54) is 0 Å². The average molecular weight is 661 g/mol. The predicted octanol–water partition coefficient (Wildman–Crippen LogP) is 10.7. The fourth-order valence-electron chi connectivity index (χ4n) is 7.54. The van der Waals surface area contributed by atoms with E-state index in [1.54, 1.807) is 30.3 Å². The van der Waals surface area contributed by atoms with E-state index in [0.29, 0.717) is 33.4 Å². The summed E-state index contributed by atoms with van der Waals surface area (Å²) in [6.07, 6.45) is 0. The minimum Gasteiger partial charge on any atom is -0.309 e. The van der Waals surface area contributed by atoms with Crippen LogP contribution in [0.3, 0.4) is 0 Å². The van der Waals surface area contributed by atoms with E-state index in [2.05, 4.69) is 106 Å². The Morgan fingerprint density at radius 1 is 0.365 bits per heavy atom. The fraction of sp³-hybridized carbons (Fsp3) is 0. The largest absolute Gasteiger partial charge is 0.309 e. The van der Waals surface area contributed by atoms with Crippen LogP contribution in [-0.4, -0.2) is 9.13 Å². The molecule has 0 atom stereocenters. The Bertz CT molecular complexity index is 3080. The molecule has 6 nitrogen and oxygen atoms in total. The van der Waals surface area contributed by atoms with Gasteiger partial charge in [-0.3, -0.25) is 0 Å². The maximum atomic E-state index is 10.2. The van der Waals surface area contributed by atoms with Crippen LogP contribution in [0.5, 0.6) is 0 Å². The van der Waals surface area contributed by atoms with Gasteiger partial charge in [-0.2, -0.15) is 21.0 Å². The van der Waals surface area contributed by atoms with Crippen molar-refractivity contribution in [1.29, 1.82) is 21.0 Å². The standard InChI is InChI=1S/C46H24N6/c47-25-29-13-16-36(34(19-29)28-50)40-22-30(26-48)14-17-45(40)52-44-12-6-3-9-39(44)41-24-32(15-18-46(41)52)33-20-31(27-49)21-35(23-33)51-42-10-4-1-7-37(42)38-8-2-5-11-43(38)51/h1-24H. The number of hydrogen-bond acceptors (Lipinski definition) is 4. The molecule has 0 saturated heterocycles. The molecule has 0 saturated carbocycles. The zero-order valence-electron chi connectivity index (χ0n) is 27.5. The molecule has 0 aliphatic rings. The summed E-state index contributed by atoms with van der Waals surface area (Å²) in [7, 11) is 0. The van der Waals surface area contributed by atoms with Crippen LogP contribution < -0.4 is 0 Å². The minimum atomic E-state index is 0.356. The minimum absolute atomic E-state index is 0.356. The van der Waals surface area contributed by atoms with Crippen LogP contribution in [0.1, 0.15) is 22.3 Å². The number of nitriles is 4. The third-order valence-corrected chi connectivity index (χ3v) is 9.82. The highest BCUT2D eigenvalue weighted by atomic mass is 15.0. The summed E-state index contributed by atoms with van der Waals surface area (Å²) in [5.74, 6) is 0. The molecule has 0 spiro atoms. The smallest absolute Gasteiger partial charge is 0.0998 e. The zero-order valence-corrected chi connectivity index (χ0v) is 27.5. The third kappa shape index (κ3) is 4.62. The highest BCUT2D eigenvalue weighted by Crippen LogP contribution is 2.40. The van der Waals surface area contributed by atoms with Gasteiger partial charge in [0.1, 0.15) is 0 Å². The normalized spacial score (nSPS) is 11.0. The van der Waals surface area contributed by atoms with Crippen molar-refractivity contribution in [3.63, 3.8) is 0 Å². The summed E-state index contributed by atoms with van der Waals surface area (Å²) in [5, 5.41) is 44.0. The van der Waals surface area contributed by atoms with Gasteiger partial charge >= 0.3 is 0 Å². The van der Waals surface area contributed by atoms with Gasteiger partial charge in [0, 0.05) is 38.4 Å². The third-order valence-electron chi connectivity index (χ3n) is 9.82. The Kier molecular flexibility index (Phi) is 6.91. The number of para-hydroxylation sites is 3. The monoisotopic (exact) mass is 660 g/mol. The SMILES string of the molecule is N#Cc1cc(-c2ccc3c(c2)c2ccccc2n3-c2ccc(C#N)cc2-c2ccc(C#N)cc2C#N)cc(-n2c3ccccc3c3ccccc32)c1. The van der Waals surface area contributed by atoms with E-state index < -0.39 is 0 Å². The lowest BCUT2D eigenvalue weighted by Gasteiger charge is -2.16. The number of fused-ring (bicyclic) bond motifs is 6. The highest BCUT2D eigenvalue weighted by molar-refractivity contribution is 6.12. The molecular weight excluding hydrogens is 637 g/mol. The number of nitrogens with zero attached hydrogens (tertiary/aromatic N) is 6. The number of rotatable bonds is 4. The Morgan fingerprint density at radius 3 is 1.60 bits per heavy atom. The molecule has 52 heavy (non-hydrogen) atoms. The van der Waals surface area contributed by atoms with Gasteiger partial charge in [0.15, 0.2) is 0 Å². The molecule has 0 unspecified atom stereocenters. The molecule has 0 aliphatic carbocycles. The molecule has 0 fully saturated rings. The predicted molar refractivity (Wildman–Crippen MR) is 205 cm³/mol. The van der Waals surface area contributed by atoms with E-state index in [9.17, 15) is 21.0 Å². The van der Waals surface area contributed by atoms with E-state index >= 15 is 0 Å². The van der Waals surface area contributed by atoms with Crippen LogP contribution in [-0.2, 0) is 0 Å². The first-order valence-electron chi connectivity index (χ1n) is 16.7. The first kappa shape index (κ1) is 30.2. The van der Waals surface area contributed by atoms with Crippen LogP contribution in [0.15, 0.2) is 146 Å². The van der Waals surface area contributed by atoms with E-state index in [0.717, 1.165) is 66.1 Å². The molecule has 7 aromatic carbocycles. The summed E-state index contributed by atoms with van der Waals surface area (Å²) in [4.78, 5) is 0. The van der Waals surface area contributed by atoms with Crippen molar-refractivity contribution >= 4 is 43.6 Å². The molecule has 9 aromatic rings. The lowest BCUT2D eigenvalue weighted by molar-refractivity contribution is 1.18. The molecule has 9 rings (SSSR count). The van der Waals surface area contributed by atoms with Gasteiger partial charge < -0.3 is 9.13 Å². The maximum Gasteiger partial charge on any atom is 0.0998 e. The van der Waals surface area contributed by atoms with Crippen LogP contribution in [0.4, 0.5) is 0 Å². The molecule has 6 heteroatoms. The van der Waals surface area contributed by atoms with Gasteiger partial charge in [-0.15, -0.1) is 0 Å². The fourth-order valence-corrected chi connectivity index (χ4v) is 7.54. The second-order valence-electron chi connectivity index (χ2n) is 12.7. The van der Waals surface area contributed by atoms with E-state index in [-0.39, 0.29) is 0 Å². The summed E-state index contributed by atoms with van der Waals surface area (Å²) in [6.45, 7) is 0. The Morgan fingerprint density at radius 2 is 0.942 bits per heavy atom. The first-order valence-corrected chi connectivity index (χ1v) is 16.7. The van der Waals surface area contributed by atoms with Crippen molar-refractivity contribution in [2.75, 3.05) is 0 Å². The van der Waals surface area contributed by atoms with Crippen molar-refractivity contribution in [1.82, 2.24) is 9.13 Å². The molecule has 2 heterocycles. The Balaban J connectivity index is 1.27. The number of aromatic nitrogens is 2. The Labute approximate surface area is 298 Å². The second-order valence-corrected chi connectivity index (χ2v) is 12.7. The van der Waals surface area contributed by atoms with Gasteiger partial charge in [0.2, 0.25) is 0 Å². The van der Waals surface area contributed by atoms with Crippen LogP contribution in [0, 0.1) is 45.3 Å². The summed E-state index contributed by atoms with van der Waals surface area (Å²) >= 11 is 0. The molecule has 0 radical (unpaired) electrons. The maximum absolute atomic E-state index is 10.2. The summed E-state index contributed by atoms with van der Waals surface area (Å²) in [6, 6.07) is 56.8. The van der Waals surface area contributed by atoms with Crippen LogP contribution >= 0.6 is 0 Å². The van der Waals surface area contributed by atoms with Crippen molar-refractivity contribution in [3.8, 4) is 57.9 Å². The lowest BCUT2D eigenvalue weighted by Crippen LogP contribution is -1.99. The summed E-state index contributed by atoms with van der Waals surface area (Å²) < 4.78 is 4.39. The van der Waals surface area contributed by atoms with E-state index in [1.807, 2.05) is 42.5 Å². The van der Waals surface area contributed by atoms with Gasteiger partial charge in [-0.1, -0.05) is 66.7 Å². The average Bonchev–Trinajstić information content (AvgIpc) is 3.72. The van der Waals surface area contributed by atoms with Crippen LogP contribution in [0.2, 0.25) is 0 Å². The number of hydrogen-bond donors (Lipinski definition) is 0. The molecule has 0 amide bonds. The quantitative estimate of drug-likeness (QED) is 0.187. The first-order chi connectivity index (χ1) is 25.6. The van der Waals surface area contributed by atoms with Crippen molar-refractivity contribution < 1.29 is 0 Å².